The van der Waals surface area contributed by atoms with Crippen LogP contribution in [0.1, 0.15) is 6.42 Å². The van der Waals surface area contributed by atoms with Crippen molar-refractivity contribution in [2.75, 3.05) is 66.1 Å². The van der Waals surface area contributed by atoms with Crippen LogP contribution < -0.4 is 0 Å². The monoisotopic (exact) mass is 304 g/mol. The van der Waals surface area contributed by atoms with Crippen LogP contribution in [-0.4, -0.2) is 77.1 Å². The van der Waals surface area contributed by atoms with Crippen LogP contribution in [0.2, 0.25) is 0 Å². The Bertz CT molecular complexity index is 275. The average molecular weight is 304 g/mol. The molecule has 7 nitrogen and oxygen atoms in total. The largest absolute Gasteiger partial charge is 0.481 e. The Kier molecular flexibility index (Phi) is 15.9. The summed E-state index contributed by atoms with van der Waals surface area (Å²) < 4.78 is 25.8. The van der Waals surface area contributed by atoms with Crippen molar-refractivity contribution >= 4 is 5.97 Å². The maximum Gasteiger partial charge on any atom is 0.305 e. The van der Waals surface area contributed by atoms with E-state index in [-0.39, 0.29) is 13.0 Å². The molecule has 0 aliphatic carbocycles. The number of ether oxygens (including phenoxy) is 5. The van der Waals surface area contributed by atoms with Crippen LogP contribution in [-0.2, 0) is 28.5 Å². The summed E-state index contributed by atoms with van der Waals surface area (Å²) in [5.74, 6) is 1.50. The molecular weight excluding hydrogens is 280 g/mol. The van der Waals surface area contributed by atoms with Gasteiger partial charge in [-0.1, -0.05) is 5.92 Å². The zero-order valence-corrected chi connectivity index (χ0v) is 12.3. The van der Waals surface area contributed by atoms with E-state index in [1.165, 1.54) is 0 Å². The Morgan fingerprint density at radius 2 is 1.14 bits per heavy atom. The fourth-order valence-electron chi connectivity index (χ4n) is 1.17. The molecule has 0 radical (unpaired) electrons. The lowest BCUT2D eigenvalue weighted by molar-refractivity contribution is -0.138. The highest BCUT2D eigenvalue weighted by Gasteiger charge is 1.96. The third kappa shape index (κ3) is 18.8. The number of hydrogen-bond acceptors (Lipinski definition) is 6. The number of terminal acetylenes is 1. The molecule has 0 atom stereocenters. The van der Waals surface area contributed by atoms with Gasteiger partial charge in [0.2, 0.25) is 0 Å². The number of carbonyl (C=O) groups is 1. The first-order chi connectivity index (χ1) is 10.3. The molecule has 0 aliphatic heterocycles. The lowest BCUT2D eigenvalue weighted by Gasteiger charge is -2.07. The van der Waals surface area contributed by atoms with Crippen molar-refractivity contribution in [2.24, 2.45) is 0 Å². The van der Waals surface area contributed by atoms with Crippen LogP contribution in [0.25, 0.3) is 0 Å². The van der Waals surface area contributed by atoms with Crippen molar-refractivity contribution < 1.29 is 33.6 Å². The van der Waals surface area contributed by atoms with Crippen molar-refractivity contribution in [2.45, 2.75) is 6.42 Å². The van der Waals surface area contributed by atoms with Gasteiger partial charge in [0.05, 0.1) is 65.9 Å². The van der Waals surface area contributed by atoms with Crippen LogP contribution in [0.5, 0.6) is 0 Å². The topological polar surface area (TPSA) is 83.5 Å². The second-order valence-corrected chi connectivity index (χ2v) is 3.85. The SMILES string of the molecule is C#CCOCCOCCOCCOCCOCCC(=O)O. The van der Waals surface area contributed by atoms with Crippen molar-refractivity contribution in [3.05, 3.63) is 0 Å². The second kappa shape index (κ2) is 16.9. The zero-order chi connectivity index (χ0) is 15.6. The van der Waals surface area contributed by atoms with Crippen LogP contribution in [0.4, 0.5) is 0 Å². The first-order valence-electron chi connectivity index (χ1n) is 6.81. The van der Waals surface area contributed by atoms with Gasteiger partial charge >= 0.3 is 5.97 Å². The molecule has 0 saturated carbocycles. The quantitative estimate of drug-likeness (QED) is 0.321. The summed E-state index contributed by atoms with van der Waals surface area (Å²) in [6.07, 6.45) is 5.03. The summed E-state index contributed by atoms with van der Waals surface area (Å²) in [5.41, 5.74) is 0. The number of hydrogen-bond donors (Lipinski definition) is 1. The summed E-state index contributed by atoms with van der Waals surface area (Å²) in [5, 5.41) is 8.38. The van der Waals surface area contributed by atoms with Gasteiger partial charge in [0.15, 0.2) is 0 Å². The Morgan fingerprint density at radius 1 is 0.762 bits per heavy atom. The summed E-state index contributed by atoms with van der Waals surface area (Å²) >= 11 is 0. The first-order valence-corrected chi connectivity index (χ1v) is 6.81. The average Bonchev–Trinajstić information content (AvgIpc) is 2.46. The van der Waals surface area contributed by atoms with Gasteiger partial charge in [0, 0.05) is 0 Å². The van der Waals surface area contributed by atoms with E-state index < -0.39 is 5.97 Å². The molecule has 7 heteroatoms. The van der Waals surface area contributed by atoms with Crippen LogP contribution in [0, 0.1) is 12.3 Å². The molecule has 1 N–H and O–H groups in total. The molecule has 122 valence electrons. The van der Waals surface area contributed by atoms with E-state index in [2.05, 4.69) is 5.92 Å². The fourth-order valence-corrected chi connectivity index (χ4v) is 1.17. The molecule has 21 heavy (non-hydrogen) atoms. The summed E-state index contributed by atoms with van der Waals surface area (Å²) in [4.78, 5) is 10.2. The van der Waals surface area contributed by atoms with E-state index >= 15 is 0 Å². The lowest BCUT2D eigenvalue weighted by atomic mass is 10.5. The standard InChI is InChI=1S/C14H24O7/c1-2-4-17-6-8-19-10-12-21-13-11-20-9-7-18-5-3-14(15)16/h1H,3-13H2,(H,15,16). The van der Waals surface area contributed by atoms with Crippen LogP contribution in [0.3, 0.4) is 0 Å². The highest BCUT2D eigenvalue weighted by Crippen LogP contribution is 1.85. The highest BCUT2D eigenvalue weighted by atomic mass is 16.6. The molecule has 0 aromatic rings. The van der Waals surface area contributed by atoms with Crippen molar-refractivity contribution in [3.63, 3.8) is 0 Å². The van der Waals surface area contributed by atoms with E-state index in [1.54, 1.807) is 0 Å². The maximum absolute atomic E-state index is 10.2. The normalized spacial score (nSPS) is 10.4. The lowest BCUT2D eigenvalue weighted by Crippen LogP contribution is -2.13. The zero-order valence-electron chi connectivity index (χ0n) is 12.3. The Balaban J connectivity index is 2.96. The van der Waals surface area contributed by atoms with Crippen molar-refractivity contribution in [1.29, 1.82) is 0 Å². The molecule has 0 amide bonds. The van der Waals surface area contributed by atoms with Crippen molar-refractivity contribution in [3.8, 4) is 12.3 Å². The molecule has 0 rings (SSSR count). The van der Waals surface area contributed by atoms with Crippen LogP contribution in [0.15, 0.2) is 0 Å². The van der Waals surface area contributed by atoms with Gasteiger partial charge in [-0.2, -0.15) is 0 Å². The molecule has 0 aromatic carbocycles. The highest BCUT2D eigenvalue weighted by molar-refractivity contribution is 5.66. The minimum absolute atomic E-state index is 0.0108. The van der Waals surface area contributed by atoms with E-state index in [4.69, 9.17) is 35.2 Å². The molecule has 0 bridgehead atoms. The third-order valence-corrected chi connectivity index (χ3v) is 2.13. The molecular formula is C14H24O7. The molecule has 0 aromatic heterocycles. The molecule has 0 fully saturated rings. The minimum atomic E-state index is -0.867. The number of rotatable bonds is 16. The van der Waals surface area contributed by atoms with E-state index in [0.29, 0.717) is 59.5 Å². The first kappa shape index (κ1) is 19.8. The molecule has 0 saturated heterocycles. The van der Waals surface area contributed by atoms with E-state index in [1.807, 2.05) is 0 Å². The van der Waals surface area contributed by atoms with Gasteiger partial charge in [0.1, 0.15) is 6.61 Å². The predicted molar refractivity (Wildman–Crippen MR) is 75.2 cm³/mol. The molecule has 0 spiro atoms. The number of carboxylic acid groups (broad SMARTS) is 1. The fraction of sp³-hybridized carbons (Fsp3) is 0.786. The van der Waals surface area contributed by atoms with E-state index in [9.17, 15) is 4.79 Å². The van der Waals surface area contributed by atoms with Gasteiger partial charge < -0.3 is 28.8 Å². The summed E-state index contributed by atoms with van der Waals surface area (Å²) in [6.45, 7) is 4.23. The minimum Gasteiger partial charge on any atom is -0.481 e. The smallest absolute Gasteiger partial charge is 0.305 e. The predicted octanol–water partition coefficient (Wildman–Crippen LogP) is 0.177. The van der Waals surface area contributed by atoms with Crippen LogP contribution >= 0.6 is 0 Å². The van der Waals surface area contributed by atoms with E-state index in [0.717, 1.165) is 0 Å². The summed E-state index contributed by atoms with van der Waals surface area (Å²) in [7, 11) is 0. The Morgan fingerprint density at radius 3 is 1.52 bits per heavy atom. The van der Waals surface area contributed by atoms with Gasteiger partial charge in [-0.25, -0.2) is 0 Å². The van der Waals surface area contributed by atoms with Gasteiger partial charge in [-0.15, -0.1) is 6.42 Å². The third-order valence-electron chi connectivity index (χ3n) is 2.13. The Hall–Kier alpha value is -1.17. The van der Waals surface area contributed by atoms with Crippen molar-refractivity contribution in [1.82, 2.24) is 0 Å². The Labute approximate surface area is 125 Å². The van der Waals surface area contributed by atoms with Gasteiger partial charge in [0.25, 0.3) is 0 Å². The molecule has 0 aliphatic rings. The second-order valence-electron chi connectivity index (χ2n) is 3.85. The van der Waals surface area contributed by atoms with Gasteiger partial charge in [-0.3, -0.25) is 4.79 Å². The number of aliphatic carboxylic acids is 1. The molecule has 0 unspecified atom stereocenters. The molecule has 0 heterocycles. The number of carboxylic acids is 1. The maximum atomic E-state index is 10.2. The van der Waals surface area contributed by atoms with Gasteiger partial charge in [-0.05, 0) is 0 Å². The summed E-state index contributed by atoms with van der Waals surface area (Å²) in [6, 6.07) is 0.